The molecule has 5 rings (SSSR count). The smallest absolute Gasteiger partial charge is 0.324 e. The van der Waals surface area contributed by atoms with Crippen molar-refractivity contribution in [1.29, 1.82) is 0 Å². The predicted octanol–water partition coefficient (Wildman–Crippen LogP) is 3.85. The Kier molecular flexibility index (Phi) is 6.01. The van der Waals surface area contributed by atoms with Gasteiger partial charge in [-0.3, -0.25) is 0 Å². The Labute approximate surface area is 198 Å². The highest BCUT2D eigenvalue weighted by molar-refractivity contribution is 7.90. The molecule has 180 valence electrons. The Morgan fingerprint density at radius 2 is 1.94 bits per heavy atom. The second kappa shape index (κ2) is 8.98. The zero-order chi connectivity index (χ0) is 23.9. The normalized spacial score (nSPS) is 18.7. The zero-order valence-electron chi connectivity index (χ0n) is 19.2. The number of anilines is 1. The van der Waals surface area contributed by atoms with Gasteiger partial charge in [0.15, 0.2) is 15.7 Å². The lowest BCUT2D eigenvalue weighted by molar-refractivity contribution is 0.137. The van der Waals surface area contributed by atoms with E-state index in [0.717, 1.165) is 62.3 Å². The lowest BCUT2D eigenvalue weighted by Crippen LogP contribution is -2.39. The summed E-state index contributed by atoms with van der Waals surface area (Å²) in [5.74, 6) is 1.12. The number of sulfone groups is 1. The van der Waals surface area contributed by atoms with Crippen molar-refractivity contribution < 1.29 is 22.1 Å². The molecule has 0 N–H and O–H groups in total. The maximum atomic E-state index is 14.4. The monoisotopic (exact) mass is 486 g/mol. The van der Waals surface area contributed by atoms with E-state index in [2.05, 4.69) is 22.0 Å². The van der Waals surface area contributed by atoms with Crippen LogP contribution in [0.1, 0.15) is 37.7 Å². The third-order valence-corrected chi connectivity index (χ3v) is 7.63. The fourth-order valence-corrected chi connectivity index (χ4v) is 5.41. The van der Waals surface area contributed by atoms with Crippen molar-refractivity contribution in [1.82, 2.24) is 15.1 Å². The number of ether oxygens (including phenoxy) is 1. The summed E-state index contributed by atoms with van der Waals surface area (Å²) in [7, 11) is -3.62. The number of piperidine rings is 1. The van der Waals surface area contributed by atoms with Gasteiger partial charge < -0.3 is 14.2 Å². The first kappa shape index (κ1) is 22.8. The van der Waals surface area contributed by atoms with Crippen LogP contribution >= 0.6 is 0 Å². The molecule has 1 atom stereocenters. The molecule has 2 aliphatic rings. The summed E-state index contributed by atoms with van der Waals surface area (Å²) in [6, 6.07) is 8.33. The Balaban J connectivity index is 1.24. The lowest BCUT2D eigenvalue weighted by atomic mass is 9.90. The molecule has 1 aromatic carbocycles. The summed E-state index contributed by atoms with van der Waals surface area (Å²) in [6.45, 7) is 3.75. The van der Waals surface area contributed by atoms with Crippen LogP contribution in [0.25, 0.3) is 11.3 Å². The number of hydrogen-bond acceptors (Lipinski definition) is 8. The molecule has 0 radical (unpaired) electrons. The highest BCUT2D eigenvalue weighted by Gasteiger charge is 2.34. The van der Waals surface area contributed by atoms with E-state index in [1.54, 1.807) is 12.1 Å². The first-order valence-corrected chi connectivity index (χ1v) is 13.4. The van der Waals surface area contributed by atoms with Gasteiger partial charge in [0.2, 0.25) is 0 Å². The van der Waals surface area contributed by atoms with Crippen molar-refractivity contribution in [3.63, 3.8) is 0 Å². The Morgan fingerprint density at radius 1 is 1.15 bits per heavy atom. The van der Waals surface area contributed by atoms with E-state index < -0.39 is 15.7 Å². The number of rotatable bonds is 6. The molecule has 0 amide bonds. The first-order chi connectivity index (χ1) is 16.3. The third kappa shape index (κ3) is 4.51. The minimum Gasteiger partial charge on any atom is -0.488 e. The first-order valence-electron chi connectivity index (χ1n) is 11.6. The Bertz CT molecular complexity index is 1300. The fourth-order valence-electron chi connectivity index (χ4n) is 4.68. The van der Waals surface area contributed by atoms with Crippen molar-refractivity contribution in [2.45, 2.75) is 50.0 Å². The number of nitrogens with zero attached hydrogens (tertiary/aromatic N) is 4. The summed E-state index contributed by atoms with van der Waals surface area (Å²) in [4.78, 5) is 11.0. The van der Waals surface area contributed by atoms with Gasteiger partial charge in [0.1, 0.15) is 22.6 Å². The fraction of sp³-hybridized carbons (Fsp3) is 0.458. The number of aryl methyl sites for hydroxylation is 1. The summed E-state index contributed by atoms with van der Waals surface area (Å²) in [5, 5.41) is 4.05. The summed E-state index contributed by atoms with van der Waals surface area (Å²) in [6.07, 6.45) is 5.44. The third-order valence-electron chi connectivity index (χ3n) is 6.50. The Hall–Kier alpha value is -3.01. The standard InChI is InChI=1S/C24H27FN4O4S/c1-3-4-23-27-24(33-28-23)29-11-9-15(10-12-29)21-14-19-20(32-21)7-6-18(26-19)16-5-8-22(17(25)13-16)34(2,30)31/h5-8,13,15,21H,3-4,9-12,14H2,1-2H3. The van der Waals surface area contributed by atoms with Crippen LogP contribution in [0.5, 0.6) is 5.75 Å². The molecule has 1 saturated heterocycles. The van der Waals surface area contributed by atoms with Gasteiger partial charge in [-0.05, 0) is 49.4 Å². The van der Waals surface area contributed by atoms with E-state index in [1.165, 1.54) is 12.1 Å². The molecule has 0 bridgehead atoms. The highest BCUT2D eigenvalue weighted by atomic mass is 32.2. The molecule has 0 aliphatic carbocycles. The van der Waals surface area contributed by atoms with E-state index in [0.29, 0.717) is 29.6 Å². The largest absolute Gasteiger partial charge is 0.488 e. The van der Waals surface area contributed by atoms with Crippen LogP contribution in [0.4, 0.5) is 10.4 Å². The molecule has 2 aromatic heterocycles. The van der Waals surface area contributed by atoms with Crippen LogP contribution in [-0.2, 0) is 22.7 Å². The van der Waals surface area contributed by atoms with Crippen molar-refractivity contribution in [2.24, 2.45) is 5.92 Å². The molecular weight excluding hydrogens is 459 g/mol. The maximum Gasteiger partial charge on any atom is 0.324 e. The zero-order valence-corrected chi connectivity index (χ0v) is 20.0. The Morgan fingerprint density at radius 3 is 2.65 bits per heavy atom. The SMILES string of the molecule is CCCc1noc(N2CCC(C3Cc4nc(-c5ccc(S(C)(=O)=O)c(F)c5)ccc4O3)CC2)n1. The van der Waals surface area contributed by atoms with Gasteiger partial charge >= 0.3 is 6.01 Å². The molecule has 1 fully saturated rings. The van der Waals surface area contributed by atoms with E-state index in [1.807, 2.05) is 6.07 Å². The lowest BCUT2D eigenvalue weighted by Gasteiger charge is -2.33. The maximum absolute atomic E-state index is 14.4. The van der Waals surface area contributed by atoms with E-state index in [4.69, 9.17) is 14.2 Å². The molecule has 2 aliphatic heterocycles. The minimum atomic E-state index is -3.62. The second-order valence-electron chi connectivity index (χ2n) is 8.99. The van der Waals surface area contributed by atoms with Gasteiger partial charge in [0.05, 0.1) is 11.4 Å². The predicted molar refractivity (Wildman–Crippen MR) is 124 cm³/mol. The van der Waals surface area contributed by atoms with Crippen molar-refractivity contribution in [3.8, 4) is 17.0 Å². The van der Waals surface area contributed by atoms with Gasteiger partial charge in [-0.15, -0.1) is 0 Å². The van der Waals surface area contributed by atoms with Crippen LogP contribution in [0.2, 0.25) is 0 Å². The van der Waals surface area contributed by atoms with Crippen molar-refractivity contribution >= 4 is 15.9 Å². The average molecular weight is 487 g/mol. The molecule has 4 heterocycles. The van der Waals surface area contributed by atoms with E-state index in [9.17, 15) is 12.8 Å². The van der Waals surface area contributed by atoms with E-state index in [-0.39, 0.29) is 11.0 Å². The quantitative estimate of drug-likeness (QED) is 0.518. The van der Waals surface area contributed by atoms with Gasteiger partial charge in [0, 0.05) is 37.8 Å². The van der Waals surface area contributed by atoms with Crippen LogP contribution in [-0.4, -0.2) is 49.0 Å². The van der Waals surface area contributed by atoms with Gasteiger partial charge in [-0.2, -0.15) is 4.98 Å². The number of pyridine rings is 1. The van der Waals surface area contributed by atoms with Crippen molar-refractivity contribution in [2.75, 3.05) is 24.2 Å². The van der Waals surface area contributed by atoms with Crippen LogP contribution in [0, 0.1) is 11.7 Å². The topological polar surface area (TPSA) is 98.4 Å². The molecule has 34 heavy (non-hydrogen) atoms. The molecule has 0 saturated carbocycles. The minimum absolute atomic E-state index is 0.0441. The van der Waals surface area contributed by atoms with Gasteiger partial charge in [-0.25, -0.2) is 17.8 Å². The number of hydrogen-bond donors (Lipinski definition) is 0. The molecule has 10 heteroatoms. The molecular formula is C24H27FN4O4S. The summed E-state index contributed by atoms with van der Waals surface area (Å²) < 4.78 is 49.4. The summed E-state index contributed by atoms with van der Waals surface area (Å²) >= 11 is 0. The summed E-state index contributed by atoms with van der Waals surface area (Å²) in [5.41, 5.74) is 1.97. The number of aromatic nitrogens is 3. The van der Waals surface area contributed by atoms with Crippen molar-refractivity contribution in [3.05, 3.63) is 47.7 Å². The van der Waals surface area contributed by atoms with Gasteiger partial charge in [-0.1, -0.05) is 18.1 Å². The molecule has 1 unspecified atom stereocenters. The van der Waals surface area contributed by atoms with E-state index >= 15 is 0 Å². The number of fused-ring (bicyclic) bond motifs is 1. The second-order valence-corrected chi connectivity index (χ2v) is 11.0. The molecule has 0 spiro atoms. The molecule has 8 nitrogen and oxygen atoms in total. The molecule has 3 aromatic rings. The van der Waals surface area contributed by atoms with Gasteiger partial charge in [0.25, 0.3) is 0 Å². The van der Waals surface area contributed by atoms with Crippen LogP contribution < -0.4 is 9.64 Å². The average Bonchev–Trinajstić information content (AvgIpc) is 3.45. The van der Waals surface area contributed by atoms with Crippen LogP contribution in [0.3, 0.4) is 0 Å². The number of benzene rings is 1. The highest BCUT2D eigenvalue weighted by Crippen LogP contribution is 2.36. The van der Waals surface area contributed by atoms with Crippen LogP contribution in [0.15, 0.2) is 39.8 Å². The number of halogens is 1.